The number of hydrogen-bond donors (Lipinski definition) is 0. The fraction of sp³-hybridized carbons (Fsp3) is 0.318. The molecule has 0 bridgehead atoms. The number of hydrogen-bond acceptors (Lipinski definition) is 7. The highest BCUT2D eigenvalue weighted by Crippen LogP contribution is 2.34. The monoisotopic (exact) mass is 490 g/mol. The van der Waals surface area contributed by atoms with Gasteiger partial charge in [-0.25, -0.2) is 26.6 Å². The molecule has 0 N–H and O–H groups in total. The van der Waals surface area contributed by atoms with Gasteiger partial charge >= 0.3 is 6.09 Å². The Labute approximate surface area is 193 Å². The van der Waals surface area contributed by atoms with Crippen LogP contribution in [0.15, 0.2) is 52.1 Å². The third-order valence-corrected chi connectivity index (χ3v) is 7.88. The van der Waals surface area contributed by atoms with Crippen molar-refractivity contribution in [3.8, 4) is 0 Å². The fourth-order valence-corrected chi connectivity index (χ4v) is 5.80. The minimum atomic E-state index is -3.99. The zero-order valence-corrected chi connectivity index (χ0v) is 18.7. The van der Waals surface area contributed by atoms with Crippen LogP contribution in [0.2, 0.25) is 0 Å². The van der Waals surface area contributed by atoms with Gasteiger partial charge in [0.2, 0.25) is 5.03 Å². The second kappa shape index (κ2) is 8.76. The third kappa shape index (κ3) is 4.03. The van der Waals surface area contributed by atoms with Crippen LogP contribution < -0.4 is 4.90 Å². The standard InChI is InChI=1S/C22H20F2N4O5S/c23-17-11-15-13-32-22(29)28(20(15)12-18(17)24)16-6-8-27(9-7-16)34(30,31)21-19(25-33-26-21)10-14-4-2-1-3-5-14/h1-5,11-12,16H,6-10,13H2. The first-order valence-electron chi connectivity index (χ1n) is 10.6. The Morgan fingerprint density at radius 2 is 1.74 bits per heavy atom. The van der Waals surface area contributed by atoms with Gasteiger partial charge in [0.25, 0.3) is 10.0 Å². The molecule has 12 heteroatoms. The highest BCUT2D eigenvalue weighted by molar-refractivity contribution is 7.89. The van der Waals surface area contributed by atoms with Gasteiger partial charge in [-0.3, -0.25) is 4.90 Å². The summed E-state index contributed by atoms with van der Waals surface area (Å²) in [4.78, 5) is 13.7. The van der Waals surface area contributed by atoms with Crippen LogP contribution in [0, 0.1) is 11.6 Å². The summed E-state index contributed by atoms with van der Waals surface area (Å²) in [5, 5.41) is 7.19. The Kier molecular flexibility index (Phi) is 5.78. The minimum Gasteiger partial charge on any atom is -0.444 e. The maximum Gasteiger partial charge on any atom is 0.414 e. The van der Waals surface area contributed by atoms with E-state index in [0.717, 1.165) is 17.7 Å². The lowest BCUT2D eigenvalue weighted by Crippen LogP contribution is -2.50. The minimum absolute atomic E-state index is 0.0907. The molecule has 34 heavy (non-hydrogen) atoms. The van der Waals surface area contributed by atoms with E-state index in [9.17, 15) is 22.0 Å². The summed E-state index contributed by atoms with van der Waals surface area (Å²) in [5.41, 5.74) is 1.66. The van der Waals surface area contributed by atoms with E-state index in [1.54, 1.807) is 0 Å². The van der Waals surface area contributed by atoms with Crippen LogP contribution in [0.5, 0.6) is 0 Å². The van der Waals surface area contributed by atoms with Crippen molar-refractivity contribution in [2.75, 3.05) is 18.0 Å². The maximum atomic E-state index is 13.9. The molecule has 9 nitrogen and oxygen atoms in total. The molecule has 1 amide bonds. The largest absolute Gasteiger partial charge is 0.444 e. The number of cyclic esters (lactones) is 1. The Balaban J connectivity index is 1.33. The quantitative estimate of drug-likeness (QED) is 0.541. The van der Waals surface area contributed by atoms with E-state index in [1.165, 1.54) is 9.21 Å². The highest BCUT2D eigenvalue weighted by atomic mass is 32.2. The van der Waals surface area contributed by atoms with Crippen LogP contribution in [0.3, 0.4) is 0 Å². The average Bonchev–Trinajstić information content (AvgIpc) is 3.30. The SMILES string of the molecule is O=C1OCc2cc(F)c(F)cc2N1C1CCN(S(=O)(=O)c2nonc2Cc2ccccc2)CC1. The van der Waals surface area contributed by atoms with E-state index in [-0.39, 0.29) is 55.4 Å². The molecule has 3 aromatic rings. The molecule has 0 unspecified atom stereocenters. The number of aromatic nitrogens is 2. The molecule has 2 aliphatic rings. The number of fused-ring (bicyclic) bond motifs is 1. The van der Waals surface area contributed by atoms with Gasteiger partial charge < -0.3 is 4.74 Å². The van der Waals surface area contributed by atoms with Crippen molar-refractivity contribution < 1.29 is 31.4 Å². The number of anilines is 1. The van der Waals surface area contributed by atoms with Crippen molar-refractivity contribution in [2.24, 2.45) is 0 Å². The molecule has 5 rings (SSSR count). The van der Waals surface area contributed by atoms with Crippen LogP contribution in [-0.2, 0) is 27.8 Å². The molecule has 1 fully saturated rings. The van der Waals surface area contributed by atoms with Crippen molar-refractivity contribution in [1.82, 2.24) is 14.6 Å². The molecular formula is C22H20F2N4O5S. The van der Waals surface area contributed by atoms with Crippen LogP contribution in [-0.4, -0.2) is 48.3 Å². The predicted octanol–water partition coefficient (Wildman–Crippen LogP) is 3.25. The van der Waals surface area contributed by atoms with Crippen molar-refractivity contribution >= 4 is 21.8 Å². The first-order valence-corrected chi connectivity index (χ1v) is 12.1. The molecule has 0 aliphatic carbocycles. The first kappa shape index (κ1) is 22.4. The van der Waals surface area contributed by atoms with E-state index >= 15 is 0 Å². The van der Waals surface area contributed by atoms with Gasteiger partial charge in [-0.1, -0.05) is 35.5 Å². The number of carbonyl (C=O) groups excluding carboxylic acids is 1. The predicted molar refractivity (Wildman–Crippen MR) is 114 cm³/mol. The lowest BCUT2D eigenvalue weighted by Gasteiger charge is -2.39. The molecule has 178 valence electrons. The lowest BCUT2D eigenvalue weighted by atomic mass is 10.0. The Morgan fingerprint density at radius 3 is 2.47 bits per heavy atom. The van der Waals surface area contributed by atoms with E-state index in [0.29, 0.717) is 5.56 Å². The lowest BCUT2D eigenvalue weighted by molar-refractivity contribution is 0.135. The van der Waals surface area contributed by atoms with Gasteiger partial charge in [0.05, 0.1) is 5.69 Å². The summed E-state index contributed by atoms with van der Waals surface area (Å²) in [6, 6.07) is 10.8. The van der Waals surface area contributed by atoms with Crippen molar-refractivity contribution in [3.05, 3.63) is 70.9 Å². The number of piperidine rings is 1. The summed E-state index contributed by atoms with van der Waals surface area (Å²) in [6.45, 7) is 0.0271. The maximum absolute atomic E-state index is 13.9. The molecule has 2 aromatic carbocycles. The van der Waals surface area contributed by atoms with Crippen molar-refractivity contribution in [2.45, 2.75) is 36.9 Å². The molecule has 1 saturated heterocycles. The number of nitrogens with zero attached hydrogens (tertiary/aromatic N) is 4. The zero-order valence-electron chi connectivity index (χ0n) is 17.9. The van der Waals surface area contributed by atoms with Gasteiger partial charge in [0.1, 0.15) is 12.3 Å². The van der Waals surface area contributed by atoms with Crippen LogP contribution in [0.1, 0.15) is 29.7 Å². The molecule has 0 atom stereocenters. The summed E-state index contributed by atoms with van der Waals surface area (Å²) in [6.07, 6.45) is 0.108. The first-order chi connectivity index (χ1) is 16.3. The summed E-state index contributed by atoms with van der Waals surface area (Å²) in [5.74, 6) is -2.09. The third-order valence-electron chi connectivity index (χ3n) is 6.04. The van der Waals surface area contributed by atoms with E-state index < -0.39 is 33.8 Å². The molecule has 0 saturated carbocycles. The Morgan fingerprint density at radius 1 is 1.03 bits per heavy atom. The second-order valence-corrected chi connectivity index (χ2v) is 9.99. The van der Waals surface area contributed by atoms with Crippen molar-refractivity contribution in [3.63, 3.8) is 0 Å². The van der Waals surface area contributed by atoms with E-state index in [2.05, 4.69) is 10.3 Å². The smallest absolute Gasteiger partial charge is 0.414 e. The topological polar surface area (TPSA) is 106 Å². The van der Waals surface area contributed by atoms with Crippen LogP contribution >= 0.6 is 0 Å². The van der Waals surface area contributed by atoms with Gasteiger partial charge in [-0.15, -0.1) is 0 Å². The number of carbonyl (C=O) groups is 1. The molecule has 2 aliphatic heterocycles. The van der Waals surface area contributed by atoms with Crippen LogP contribution in [0.4, 0.5) is 19.3 Å². The van der Waals surface area contributed by atoms with Gasteiger partial charge in [0, 0.05) is 37.2 Å². The van der Waals surface area contributed by atoms with Crippen molar-refractivity contribution in [1.29, 1.82) is 0 Å². The van der Waals surface area contributed by atoms with Crippen LogP contribution in [0.25, 0.3) is 0 Å². The van der Waals surface area contributed by atoms with Gasteiger partial charge in [-0.05, 0) is 29.6 Å². The van der Waals surface area contributed by atoms with E-state index in [4.69, 9.17) is 9.37 Å². The normalized spacial score (nSPS) is 17.5. The van der Waals surface area contributed by atoms with Gasteiger partial charge in [-0.2, -0.15) is 4.31 Å². The molecule has 0 spiro atoms. The molecule has 0 radical (unpaired) electrons. The fourth-order valence-electron chi connectivity index (χ4n) is 4.33. The number of benzene rings is 2. The number of amides is 1. The number of sulfonamides is 1. The number of rotatable bonds is 5. The zero-order chi connectivity index (χ0) is 23.9. The van der Waals surface area contributed by atoms with Gasteiger partial charge in [0.15, 0.2) is 11.6 Å². The number of halogens is 2. The second-order valence-electron chi connectivity index (χ2n) is 8.13. The van der Waals surface area contributed by atoms with E-state index in [1.807, 2.05) is 30.3 Å². The number of ether oxygens (including phenoxy) is 1. The molecular weight excluding hydrogens is 470 g/mol. The summed E-state index contributed by atoms with van der Waals surface area (Å²) < 4.78 is 65.2. The Hall–Kier alpha value is -3.38. The highest BCUT2D eigenvalue weighted by Gasteiger charge is 2.39. The molecule has 3 heterocycles. The summed E-state index contributed by atoms with van der Waals surface area (Å²) in [7, 11) is -3.99. The summed E-state index contributed by atoms with van der Waals surface area (Å²) >= 11 is 0. The Bertz CT molecular complexity index is 1320. The molecule has 1 aromatic heterocycles. The average molecular weight is 490 g/mol.